The summed E-state index contributed by atoms with van der Waals surface area (Å²) in [7, 11) is 3.17. The molecule has 128 valence electrons. The van der Waals surface area contributed by atoms with Crippen LogP contribution in [-0.2, 0) is 6.42 Å². The maximum atomic E-state index is 12.0. The Morgan fingerprint density at radius 1 is 1.12 bits per heavy atom. The molecule has 2 aromatic carbocycles. The summed E-state index contributed by atoms with van der Waals surface area (Å²) < 4.78 is 10.4. The smallest absolute Gasteiger partial charge is 0.319 e. The van der Waals surface area contributed by atoms with Crippen molar-refractivity contribution in [2.75, 3.05) is 26.1 Å². The van der Waals surface area contributed by atoms with Crippen LogP contribution in [0.4, 0.5) is 10.5 Å². The molecule has 0 aliphatic rings. The van der Waals surface area contributed by atoms with Gasteiger partial charge >= 0.3 is 6.03 Å². The number of urea groups is 1. The Morgan fingerprint density at radius 2 is 1.83 bits per heavy atom. The first-order valence-electron chi connectivity index (χ1n) is 7.55. The van der Waals surface area contributed by atoms with Gasteiger partial charge in [0.1, 0.15) is 11.5 Å². The monoisotopic (exact) mass is 348 g/mol. The standard InChI is InChI=1S/C18H21ClN2O3/c1-12-10-16(17(24-3)11-15(12)19)21-18(22)20-9-8-13-4-6-14(23-2)7-5-13/h4-7,10-11H,8-9H2,1-3H3,(H2,20,21,22). The zero-order valence-corrected chi connectivity index (χ0v) is 14.7. The average molecular weight is 349 g/mol. The number of carbonyl (C=O) groups is 1. The van der Waals surface area contributed by atoms with E-state index in [1.54, 1.807) is 19.2 Å². The lowest BCUT2D eigenvalue weighted by Gasteiger charge is -2.13. The van der Waals surface area contributed by atoms with E-state index in [9.17, 15) is 4.79 Å². The average Bonchev–Trinajstić information content (AvgIpc) is 2.58. The summed E-state index contributed by atoms with van der Waals surface area (Å²) in [6.45, 7) is 2.39. The Labute approximate surface area is 146 Å². The van der Waals surface area contributed by atoms with Gasteiger partial charge in [-0.1, -0.05) is 23.7 Å². The van der Waals surface area contributed by atoms with E-state index < -0.39 is 0 Å². The molecule has 0 atom stereocenters. The quantitative estimate of drug-likeness (QED) is 0.828. The third-order valence-electron chi connectivity index (χ3n) is 3.59. The highest BCUT2D eigenvalue weighted by atomic mass is 35.5. The van der Waals surface area contributed by atoms with Crippen molar-refractivity contribution < 1.29 is 14.3 Å². The van der Waals surface area contributed by atoms with Crippen molar-refractivity contribution in [3.05, 3.63) is 52.5 Å². The van der Waals surface area contributed by atoms with Crippen LogP contribution < -0.4 is 20.1 Å². The van der Waals surface area contributed by atoms with Crippen LogP contribution in [0.1, 0.15) is 11.1 Å². The van der Waals surface area contributed by atoms with E-state index >= 15 is 0 Å². The summed E-state index contributed by atoms with van der Waals surface area (Å²) in [6.07, 6.45) is 0.730. The van der Waals surface area contributed by atoms with Crippen LogP contribution in [-0.4, -0.2) is 26.8 Å². The zero-order valence-electron chi connectivity index (χ0n) is 14.0. The number of methoxy groups -OCH3 is 2. The lowest BCUT2D eigenvalue weighted by atomic mass is 10.1. The third kappa shape index (κ3) is 4.80. The normalized spacial score (nSPS) is 10.2. The van der Waals surface area contributed by atoms with Gasteiger partial charge in [-0.25, -0.2) is 4.79 Å². The summed E-state index contributed by atoms with van der Waals surface area (Å²) in [5.41, 5.74) is 2.57. The van der Waals surface area contributed by atoms with E-state index in [-0.39, 0.29) is 6.03 Å². The molecular weight excluding hydrogens is 328 g/mol. The molecule has 6 heteroatoms. The van der Waals surface area contributed by atoms with Crippen LogP contribution in [0.25, 0.3) is 0 Å². The molecule has 0 unspecified atom stereocenters. The Kier molecular flexibility index (Phi) is 6.32. The van der Waals surface area contributed by atoms with Crippen LogP contribution in [0.5, 0.6) is 11.5 Å². The van der Waals surface area contributed by atoms with E-state index in [1.807, 2.05) is 31.2 Å². The summed E-state index contributed by atoms with van der Waals surface area (Å²) in [4.78, 5) is 12.0. The fourth-order valence-electron chi connectivity index (χ4n) is 2.21. The molecule has 0 aliphatic heterocycles. The minimum Gasteiger partial charge on any atom is -0.497 e. The Bertz CT molecular complexity index is 702. The fraction of sp³-hybridized carbons (Fsp3) is 0.278. The number of halogens is 1. The van der Waals surface area contributed by atoms with E-state index in [0.717, 1.165) is 23.3 Å². The maximum Gasteiger partial charge on any atom is 0.319 e. The van der Waals surface area contributed by atoms with Crippen molar-refractivity contribution in [3.8, 4) is 11.5 Å². The molecule has 2 aromatic rings. The number of rotatable bonds is 6. The lowest BCUT2D eigenvalue weighted by molar-refractivity contribution is 0.252. The molecule has 0 bridgehead atoms. The van der Waals surface area contributed by atoms with Gasteiger partial charge in [-0.05, 0) is 42.7 Å². The first-order chi connectivity index (χ1) is 11.5. The van der Waals surface area contributed by atoms with Gasteiger partial charge in [-0.2, -0.15) is 0 Å². The van der Waals surface area contributed by atoms with Gasteiger partial charge in [0.05, 0.1) is 19.9 Å². The van der Waals surface area contributed by atoms with Gasteiger partial charge in [0, 0.05) is 17.6 Å². The molecule has 2 N–H and O–H groups in total. The Hall–Kier alpha value is -2.40. The highest BCUT2D eigenvalue weighted by molar-refractivity contribution is 6.31. The second-order valence-corrected chi connectivity index (χ2v) is 5.69. The van der Waals surface area contributed by atoms with Crippen LogP contribution >= 0.6 is 11.6 Å². The van der Waals surface area contributed by atoms with Gasteiger partial charge in [0.2, 0.25) is 0 Å². The molecule has 0 saturated carbocycles. The molecule has 24 heavy (non-hydrogen) atoms. The van der Waals surface area contributed by atoms with Gasteiger partial charge in [0.25, 0.3) is 0 Å². The SMILES string of the molecule is COc1ccc(CCNC(=O)Nc2cc(C)c(Cl)cc2OC)cc1. The highest BCUT2D eigenvalue weighted by Gasteiger charge is 2.10. The number of hydrogen-bond acceptors (Lipinski definition) is 3. The number of nitrogens with one attached hydrogen (secondary N) is 2. The summed E-state index contributed by atoms with van der Waals surface area (Å²) in [5, 5.41) is 6.20. The van der Waals surface area contributed by atoms with Crippen LogP contribution in [0, 0.1) is 6.92 Å². The molecule has 5 nitrogen and oxygen atoms in total. The number of amides is 2. The second-order valence-electron chi connectivity index (χ2n) is 5.28. The molecule has 0 aromatic heterocycles. The summed E-state index contributed by atoms with van der Waals surface area (Å²) in [5.74, 6) is 1.34. The molecular formula is C18H21ClN2O3. The summed E-state index contributed by atoms with van der Waals surface area (Å²) >= 11 is 6.06. The number of aryl methyl sites for hydroxylation is 1. The van der Waals surface area contributed by atoms with Gasteiger partial charge < -0.3 is 20.1 Å². The van der Waals surface area contributed by atoms with Crippen molar-refractivity contribution in [1.29, 1.82) is 0 Å². The fourth-order valence-corrected chi connectivity index (χ4v) is 2.36. The van der Waals surface area contributed by atoms with Crippen LogP contribution in [0.15, 0.2) is 36.4 Å². The van der Waals surface area contributed by atoms with E-state index in [1.165, 1.54) is 7.11 Å². The lowest BCUT2D eigenvalue weighted by Crippen LogP contribution is -2.30. The Balaban J connectivity index is 1.88. The largest absolute Gasteiger partial charge is 0.497 e. The number of ether oxygens (including phenoxy) is 2. The third-order valence-corrected chi connectivity index (χ3v) is 3.99. The number of hydrogen-bond donors (Lipinski definition) is 2. The van der Waals surface area contributed by atoms with Gasteiger partial charge in [-0.3, -0.25) is 0 Å². The minimum absolute atomic E-state index is 0.288. The van der Waals surface area contributed by atoms with Crippen LogP contribution in [0.3, 0.4) is 0 Å². The van der Waals surface area contributed by atoms with Crippen molar-refractivity contribution in [1.82, 2.24) is 5.32 Å². The number of anilines is 1. The molecule has 0 heterocycles. The zero-order chi connectivity index (χ0) is 17.5. The van der Waals surface area contributed by atoms with E-state index in [2.05, 4.69) is 10.6 Å². The predicted molar refractivity (Wildman–Crippen MR) is 96.5 cm³/mol. The minimum atomic E-state index is -0.288. The second kappa shape index (κ2) is 8.45. The molecule has 0 fully saturated rings. The molecule has 0 radical (unpaired) electrons. The molecule has 0 aliphatic carbocycles. The molecule has 0 spiro atoms. The highest BCUT2D eigenvalue weighted by Crippen LogP contribution is 2.30. The first-order valence-corrected chi connectivity index (χ1v) is 7.93. The van der Waals surface area contributed by atoms with Crippen molar-refractivity contribution in [3.63, 3.8) is 0 Å². The Morgan fingerprint density at radius 3 is 2.46 bits per heavy atom. The molecule has 2 rings (SSSR count). The summed E-state index contributed by atoms with van der Waals surface area (Å²) in [6, 6.07) is 10.9. The first kappa shape index (κ1) is 17.9. The van der Waals surface area contributed by atoms with E-state index in [4.69, 9.17) is 21.1 Å². The van der Waals surface area contributed by atoms with Crippen molar-refractivity contribution in [2.24, 2.45) is 0 Å². The van der Waals surface area contributed by atoms with Gasteiger partial charge in [0.15, 0.2) is 0 Å². The van der Waals surface area contributed by atoms with Crippen LogP contribution in [0.2, 0.25) is 5.02 Å². The number of carbonyl (C=O) groups excluding carboxylic acids is 1. The predicted octanol–water partition coefficient (Wildman–Crippen LogP) is 4.03. The van der Waals surface area contributed by atoms with Crippen molar-refractivity contribution >= 4 is 23.3 Å². The molecule has 2 amide bonds. The van der Waals surface area contributed by atoms with E-state index in [0.29, 0.717) is 23.0 Å². The molecule has 0 saturated heterocycles. The topological polar surface area (TPSA) is 59.6 Å². The van der Waals surface area contributed by atoms with Crippen molar-refractivity contribution in [2.45, 2.75) is 13.3 Å². The number of benzene rings is 2. The van der Waals surface area contributed by atoms with Gasteiger partial charge in [-0.15, -0.1) is 0 Å². The maximum absolute atomic E-state index is 12.0.